The molecule has 3 aromatic rings. The van der Waals surface area contributed by atoms with E-state index in [-0.39, 0.29) is 23.7 Å². The number of amides is 2. The molecule has 2 aromatic carbocycles. The first kappa shape index (κ1) is 32.2. The number of piperidine rings is 1. The molecule has 0 unspecified atom stereocenters. The van der Waals surface area contributed by atoms with Crippen molar-refractivity contribution in [1.82, 2.24) is 14.9 Å². The smallest absolute Gasteiger partial charge is 0.410 e. The monoisotopic (exact) mass is 609 g/mol. The third-order valence-electron chi connectivity index (χ3n) is 7.55. The van der Waals surface area contributed by atoms with Crippen LogP contribution in [0.25, 0.3) is 22.4 Å². The number of halogens is 2. The number of carbonyl (C=O) groups is 2. The number of likely N-dealkylation sites (tertiary alicyclic amines) is 1. The maximum atomic E-state index is 13.2. The summed E-state index contributed by atoms with van der Waals surface area (Å²) in [4.78, 5) is 33.3. The van der Waals surface area contributed by atoms with Crippen LogP contribution >= 0.6 is 11.6 Å². The molecular formula is C33H41ClFN5O3. The van der Waals surface area contributed by atoms with E-state index in [1.54, 1.807) is 23.2 Å². The van der Waals surface area contributed by atoms with Crippen molar-refractivity contribution in [1.29, 1.82) is 0 Å². The van der Waals surface area contributed by atoms with E-state index in [0.717, 1.165) is 29.5 Å². The topological polar surface area (TPSA) is 110 Å². The van der Waals surface area contributed by atoms with Crippen molar-refractivity contribution in [3.05, 3.63) is 65.6 Å². The van der Waals surface area contributed by atoms with Crippen LogP contribution in [0.15, 0.2) is 54.7 Å². The van der Waals surface area contributed by atoms with E-state index in [4.69, 9.17) is 22.1 Å². The molecule has 10 heteroatoms. The van der Waals surface area contributed by atoms with Gasteiger partial charge in [0.15, 0.2) is 0 Å². The molecule has 0 spiro atoms. The summed E-state index contributed by atoms with van der Waals surface area (Å²) in [5.74, 6) is 0.00295. The van der Waals surface area contributed by atoms with Crippen LogP contribution in [0.4, 0.5) is 15.1 Å². The van der Waals surface area contributed by atoms with Crippen LogP contribution in [0, 0.1) is 11.7 Å². The lowest BCUT2D eigenvalue weighted by molar-refractivity contribution is -0.123. The van der Waals surface area contributed by atoms with Crippen molar-refractivity contribution in [2.75, 3.05) is 18.4 Å². The summed E-state index contributed by atoms with van der Waals surface area (Å²) < 4.78 is 18.4. The molecule has 1 aromatic heterocycles. The summed E-state index contributed by atoms with van der Waals surface area (Å²) in [5, 5.41) is 3.96. The number of nitrogens with two attached hydrogens (primary N) is 1. The zero-order valence-electron chi connectivity index (χ0n) is 25.1. The normalized spacial score (nSPS) is 16.2. The Kier molecular flexibility index (Phi) is 11.0. The molecule has 0 bridgehead atoms. The highest BCUT2D eigenvalue weighted by Gasteiger charge is 2.28. The van der Waals surface area contributed by atoms with Gasteiger partial charge < -0.3 is 20.7 Å². The van der Waals surface area contributed by atoms with E-state index in [2.05, 4.69) is 15.3 Å². The van der Waals surface area contributed by atoms with E-state index in [1.807, 2.05) is 45.0 Å². The number of nitrogens with zero attached hydrogens (tertiary/aromatic N) is 3. The summed E-state index contributed by atoms with van der Waals surface area (Å²) in [5.41, 5.74) is 8.30. The fourth-order valence-corrected chi connectivity index (χ4v) is 5.43. The Labute approximate surface area is 258 Å². The third-order valence-corrected chi connectivity index (χ3v) is 7.82. The minimum Gasteiger partial charge on any atom is -0.444 e. The largest absolute Gasteiger partial charge is 0.444 e. The molecule has 2 heterocycles. The fourth-order valence-electron chi connectivity index (χ4n) is 5.23. The lowest BCUT2D eigenvalue weighted by Crippen LogP contribution is -2.43. The average Bonchev–Trinajstić information content (AvgIpc) is 2.99. The molecule has 3 N–H and O–H groups in total. The second-order valence-electron chi connectivity index (χ2n) is 12.1. The van der Waals surface area contributed by atoms with Crippen LogP contribution in [0.2, 0.25) is 5.02 Å². The molecule has 2 amide bonds. The Hall–Kier alpha value is -3.72. The number of anilines is 1. The summed E-state index contributed by atoms with van der Waals surface area (Å²) >= 11 is 6.39. The Morgan fingerprint density at radius 2 is 1.63 bits per heavy atom. The van der Waals surface area contributed by atoms with Gasteiger partial charge in [-0.25, -0.2) is 19.2 Å². The van der Waals surface area contributed by atoms with Gasteiger partial charge in [-0.15, -0.1) is 0 Å². The maximum Gasteiger partial charge on any atom is 0.410 e. The summed E-state index contributed by atoms with van der Waals surface area (Å²) in [7, 11) is 0. The molecule has 8 nitrogen and oxygen atoms in total. The highest BCUT2D eigenvalue weighted by molar-refractivity contribution is 6.32. The molecule has 43 heavy (non-hydrogen) atoms. The fraction of sp³-hybridized carbons (Fsp3) is 0.455. The van der Waals surface area contributed by atoms with Gasteiger partial charge in [-0.2, -0.15) is 0 Å². The molecule has 0 radical (unpaired) electrons. The quantitative estimate of drug-likeness (QED) is 0.310. The highest BCUT2D eigenvalue weighted by atomic mass is 35.5. The predicted octanol–water partition coefficient (Wildman–Crippen LogP) is 7.47. The predicted molar refractivity (Wildman–Crippen MR) is 168 cm³/mol. The Morgan fingerprint density at radius 3 is 2.26 bits per heavy atom. The highest BCUT2D eigenvalue weighted by Crippen LogP contribution is 2.31. The van der Waals surface area contributed by atoms with E-state index >= 15 is 0 Å². The van der Waals surface area contributed by atoms with E-state index < -0.39 is 5.60 Å². The third kappa shape index (κ3) is 9.64. The molecule has 1 saturated heterocycles. The first-order valence-corrected chi connectivity index (χ1v) is 15.3. The Morgan fingerprint density at radius 1 is 0.977 bits per heavy atom. The second kappa shape index (κ2) is 14.6. The average molecular weight is 610 g/mol. The standard InChI is InChI=1S/C22H21ClFN3.C11H20N2O3/c23-20-14-25-22(26-19-7-2-1-3-8-19)27-21(20)17-6-4-5-16(13-17)15-9-11-18(24)12-10-15;1-11(2,3)16-10(15)13-6-4-8(5-7-13)9(12)14/h4-6,9-14,19H,1-3,7-8H2,(H,25,26,27);8H,4-7H2,1-3H3,(H2,12,14). The maximum absolute atomic E-state index is 13.2. The van der Waals surface area contributed by atoms with Gasteiger partial charge in [-0.05, 0) is 75.8 Å². The minimum atomic E-state index is -0.475. The van der Waals surface area contributed by atoms with Gasteiger partial charge in [-0.3, -0.25) is 4.79 Å². The molecule has 1 aliphatic carbocycles. The number of benzene rings is 2. The molecule has 1 aliphatic heterocycles. The number of aromatic nitrogens is 2. The second-order valence-corrected chi connectivity index (χ2v) is 12.5. The summed E-state index contributed by atoms with van der Waals surface area (Å²) in [6.45, 7) is 6.59. The van der Waals surface area contributed by atoms with Crippen molar-refractivity contribution in [3.8, 4) is 22.4 Å². The molecule has 1 saturated carbocycles. The van der Waals surface area contributed by atoms with Gasteiger partial charge in [0.2, 0.25) is 11.9 Å². The minimum absolute atomic E-state index is 0.0984. The van der Waals surface area contributed by atoms with Crippen LogP contribution in [0.3, 0.4) is 0 Å². The number of carbonyl (C=O) groups excluding carboxylic acids is 2. The van der Waals surface area contributed by atoms with E-state index in [0.29, 0.717) is 48.6 Å². The number of primary amides is 1. The van der Waals surface area contributed by atoms with Gasteiger partial charge in [0, 0.05) is 30.6 Å². The zero-order valence-corrected chi connectivity index (χ0v) is 25.9. The molecule has 5 rings (SSSR count). The van der Waals surface area contributed by atoms with Crippen LogP contribution in [-0.4, -0.2) is 51.6 Å². The van der Waals surface area contributed by atoms with Gasteiger partial charge in [0.25, 0.3) is 0 Å². The van der Waals surface area contributed by atoms with Gasteiger partial charge in [0.1, 0.15) is 11.4 Å². The van der Waals surface area contributed by atoms with Crippen LogP contribution < -0.4 is 11.1 Å². The van der Waals surface area contributed by atoms with Gasteiger partial charge >= 0.3 is 6.09 Å². The van der Waals surface area contributed by atoms with Crippen molar-refractivity contribution in [3.63, 3.8) is 0 Å². The van der Waals surface area contributed by atoms with Crippen LogP contribution in [-0.2, 0) is 9.53 Å². The van der Waals surface area contributed by atoms with Crippen molar-refractivity contribution < 1.29 is 18.7 Å². The molecule has 230 valence electrons. The molecule has 0 atom stereocenters. The number of ether oxygens (including phenoxy) is 1. The first-order chi connectivity index (χ1) is 20.5. The summed E-state index contributed by atoms with van der Waals surface area (Å²) in [6.07, 6.45) is 8.72. The van der Waals surface area contributed by atoms with Crippen LogP contribution in [0.1, 0.15) is 65.7 Å². The number of nitrogens with one attached hydrogen (secondary N) is 1. The SMILES string of the molecule is CC(C)(C)OC(=O)N1CCC(C(N)=O)CC1.Fc1ccc(-c2cccc(-c3nc(NC4CCCCC4)ncc3Cl)c2)cc1. The lowest BCUT2D eigenvalue weighted by Gasteiger charge is -2.32. The lowest BCUT2D eigenvalue weighted by atomic mass is 9.96. The van der Waals surface area contributed by atoms with E-state index in [9.17, 15) is 14.0 Å². The number of hydrogen-bond acceptors (Lipinski definition) is 6. The zero-order chi connectivity index (χ0) is 31.0. The van der Waals surface area contributed by atoms with Crippen LogP contribution in [0.5, 0.6) is 0 Å². The van der Waals surface area contributed by atoms with Crippen molar-refractivity contribution in [2.24, 2.45) is 11.7 Å². The first-order valence-electron chi connectivity index (χ1n) is 14.9. The van der Waals surface area contributed by atoms with E-state index in [1.165, 1.54) is 31.4 Å². The number of rotatable bonds is 5. The van der Waals surface area contributed by atoms with Crippen molar-refractivity contribution in [2.45, 2.75) is 77.4 Å². The molecular weight excluding hydrogens is 569 g/mol. The molecule has 2 fully saturated rings. The van der Waals surface area contributed by atoms with Gasteiger partial charge in [0.05, 0.1) is 16.9 Å². The molecule has 2 aliphatic rings. The Bertz CT molecular complexity index is 1380. The van der Waals surface area contributed by atoms with Crippen molar-refractivity contribution >= 4 is 29.5 Å². The summed E-state index contributed by atoms with van der Waals surface area (Å²) in [6, 6.07) is 14.8. The number of hydrogen-bond donors (Lipinski definition) is 2. The van der Waals surface area contributed by atoms with Gasteiger partial charge in [-0.1, -0.05) is 61.2 Å². The Balaban J connectivity index is 0.000000227.